The Morgan fingerprint density at radius 3 is 2.72 bits per heavy atom. The van der Waals surface area contributed by atoms with Crippen molar-refractivity contribution >= 4 is 5.91 Å². The van der Waals surface area contributed by atoms with Crippen LogP contribution in [0.3, 0.4) is 0 Å². The van der Waals surface area contributed by atoms with Crippen LogP contribution >= 0.6 is 0 Å². The molecule has 0 radical (unpaired) electrons. The van der Waals surface area contributed by atoms with Crippen molar-refractivity contribution in [1.29, 1.82) is 0 Å². The van der Waals surface area contributed by atoms with Gasteiger partial charge in [-0.1, -0.05) is 0 Å². The molecule has 2 aliphatic rings. The third kappa shape index (κ3) is 3.21. The van der Waals surface area contributed by atoms with E-state index in [2.05, 4.69) is 12.1 Å². The van der Waals surface area contributed by atoms with Crippen LogP contribution in [0.2, 0.25) is 0 Å². The molecule has 2 N–H and O–H groups in total. The van der Waals surface area contributed by atoms with Crippen LogP contribution in [-0.4, -0.2) is 16.9 Å². The highest BCUT2D eigenvalue weighted by Gasteiger charge is 2.47. The Hall–Kier alpha value is -1.76. The van der Waals surface area contributed by atoms with Gasteiger partial charge in [0.2, 0.25) is 5.91 Å². The number of methoxy groups -OCH3 is 1. The second-order valence-electron chi connectivity index (χ2n) is 6.50. The lowest BCUT2D eigenvalue weighted by atomic mass is 9.94. The van der Waals surface area contributed by atoms with E-state index in [1.54, 1.807) is 13.2 Å². The van der Waals surface area contributed by atoms with Crippen molar-refractivity contribution in [2.24, 2.45) is 5.73 Å². The number of benzene rings is 2. The second kappa shape index (κ2) is 6.86. The first kappa shape index (κ1) is 16.7. The van der Waals surface area contributed by atoms with Crippen molar-refractivity contribution in [3.8, 4) is 11.5 Å². The maximum absolute atomic E-state index is 11.6. The number of primary amides is 1. The first-order valence-electron chi connectivity index (χ1n) is 8.52. The fourth-order valence-corrected chi connectivity index (χ4v) is 7.83. The normalized spacial score (nSPS) is 24.6. The summed E-state index contributed by atoms with van der Waals surface area (Å²) in [4.78, 5) is 11.6. The highest BCUT2D eigenvalue weighted by atomic mass is 127. The van der Waals surface area contributed by atoms with Crippen molar-refractivity contribution in [1.82, 2.24) is 0 Å². The van der Waals surface area contributed by atoms with E-state index in [1.165, 1.54) is 30.4 Å². The van der Waals surface area contributed by atoms with E-state index in [0.717, 1.165) is 11.5 Å². The zero-order valence-corrected chi connectivity index (χ0v) is 16.2. The fourth-order valence-electron chi connectivity index (χ4n) is 3.69. The Morgan fingerprint density at radius 2 is 2.00 bits per heavy atom. The minimum absolute atomic E-state index is 0.135. The van der Waals surface area contributed by atoms with Gasteiger partial charge in [0.05, 0.1) is 7.11 Å². The molecule has 1 saturated carbocycles. The van der Waals surface area contributed by atoms with E-state index in [0.29, 0.717) is 15.4 Å². The lowest BCUT2D eigenvalue weighted by Crippen LogP contribution is -3.66. The maximum Gasteiger partial charge on any atom is 0.327 e. The molecule has 4 nitrogen and oxygen atoms in total. The number of ether oxygens (including phenoxy) is 2. The van der Waals surface area contributed by atoms with Crippen LogP contribution in [0.25, 0.3) is 0 Å². The Labute approximate surface area is 158 Å². The van der Waals surface area contributed by atoms with Crippen molar-refractivity contribution in [2.45, 2.75) is 33.2 Å². The topological polar surface area (TPSA) is 61.6 Å². The van der Waals surface area contributed by atoms with Gasteiger partial charge in [0, 0.05) is 22.6 Å². The smallest absolute Gasteiger partial charge is 0.327 e. The van der Waals surface area contributed by atoms with Gasteiger partial charge in [0.1, 0.15) is 11.5 Å². The van der Waals surface area contributed by atoms with Crippen LogP contribution in [-0.2, 0) is 0 Å². The number of rotatable bonds is 3. The highest BCUT2D eigenvalue weighted by molar-refractivity contribution is 5.93. The van der Waals surface area contributed by atoms with E-state index in [9.17, 15) is 4.79 Å². The third-order valence-corrected chi connectivity index (χ3v) is 9.05. The molecule has 1 unspecified atom stereocenters. The summed E-state index contributed by atoms with van der Waals surface area (Å²) in [6, 6.07) is 13.9. The van der Waals surface area contributed by atoms with Gasteiger partial charge in [-0.05, 0) is 61.7 Å². The monoisotopic (exact) mass is 450 g/mol. The standard InChI is InChI=1S/C20H20INO3/c1-24-14-8-5-12(6-9-14)19-21-17-4-2-3-15(17)16-11-13(20(22)23)7-10-18(16)25-19/h5-11,15,17,19H,2-4H2,1H3,(H-,22,23)/p+1/t15?,17-,19-/m1/s1. The lowest BCUT2D eigenvalue weighted by molar-refractivity contribution is -0.754. The number of hydrogen-bond donors (Lipinski definition) is 1. The number of carbonyl (C=O) groups excluding carboxylic acids is 1. The highest BCUT2D eigenvalue weighted by Crippen LogP contribution is 2.40. The van der Waals surface area contributed by atoms with Crippen LogP contribution in [0.5, 0.6) is 11.5 Å². The number of carbonyl (C=O) groups is 1. The van der Waals surface area contributed by atoms with Crippen LogP contribution in [0, 0.1) is 0 Å². The van der Waals surface area contributed by atoms with Crippen molar-refractivity contribution < 1.29 is 35.5 Å². The van der Waals surface area contributed by atoms with E-state index in [1.807, 2.05) is 24.3 Å². The molecule has 0 aromatic heterocycles. The minimum atomic E-state index is -0.372. The summed E-state index contributed by atoms with van der Waals surface area (Å²) in [5, 5.41) is 0. The summed E-state index contributed by atoms with van der Waals surface area (Å²) in [5.41, 5.74) is 8.45. The van der Waals surface area contributed by atoms with E-state index >= 15 is 0 Å². The molecule has 0 saturated heterocycles. The molecular weight excluding hydrogens is 429 g/mol. The number of halogens is 1. The van der Waals surface area contributed by atoms with Gasteiger partial charge in [0.15, 0.2) is 3.92 Å². The zero-order chi connectivity index (χ0) is 17.4. The van der Waals surface area contributed by atoms with E-state index < -0.39 is 0 Å². The average Bonchev–Trinajstić information content (AvgIpc) is 3.03. The molecule has 1 aliphatic carbocycles. The Morgan fingerprint density at radius 1 is 1.20 bits per heavy atom. The molecule has 1 heterocycles. The van der Waals surface area contributed by atoms with Crippen molar-refractivity contribution in [3.63, 3.8) is 0 Å². The molecule has 1 amide bonds. The molecule has 25 heavy (non-hydrogen) atoms. The van der Waals surface area contributed by atoms with Crippen molar-refractivity contribution in [2.75, 3.05) is 7.11 Å². The van der Waals surface area contributed by atoms with Gasteiger partial charge >= 0.3 is 25.3 Å². The van der Waals surface area contributed by atoms with Crippen LogP contribution in [0.1, 0.15) is 50.8 Å². The summed E-state index contributed by atoms with van der Waals surface area (Å²) < 4.78 is 12.5. The quantitative estimate of drug-likeness (QED) is 0.551. The average molecular weight is 450 g/mol. The minimum Gasteiger partial charge on any atom is -0.497 e. The number of amides is 1. The maximum atomic E-state index is 11.6. The zero-order valence-electron chi connectivity index (χ0n) is 14.1. The Kier molecular flexibility index (Phi) is 4.58. The predicted octanol–water partition coefficient (Wildman–Crippen LogP) is 0.610. The third-order valence-electron chi connectivity index (χ3n) is 5.01. The first-order valence-corrected chi connectivity index (χ1v) is 11.0. The Bertz CT molecular complexity index is 790. The summed E-state index contributed by atoms with van der Waals surface area (Å²) in [6.07, 6.45) is 3.69. The summed E-state index contributed by atoms with van der Waals surface area (Å²) >= 11 is -0.169. The molecule has 5 heteroatoms. The van der Waals surface area contributed by atoms with Crippen molar-refractivity contribution in [3.05, 3.63) is 59.2 Å². The molecule has 2 aromatic rings. The lowest BCUT2D eigenvalue weighted by Gasteiger charge is -2.14. The largest absolute Gasteiger partial charge is 0.497 e. The first-order chi connectivity index (χ1) is 12.2. The summed E-state index contributed by atoms with van der Waals surface area (Å²) in [7, 11) is 1.68. The van der Waals surface area contributed by atoms with Gasteiger partial charge in [0.25, 0.3) is 0 Å². The summed E-state index contributed by atoms with van der Waals surface area (Å²) in [5.74, 6) is 1.91. The van der Waals surface area contributed by atoms with Crippen LogP contribution < -0.4 is 36.4 Å². The van der Waals surface area contributed by atoms with Gasteiger partial charge in [-0.15, -0.1) is 0 Å². The van der Waals surface area contributed by atoms with E-state index in [-0.39, 0.29) is 31.2 Å². The van der Waals surface area contributed by atoms with Gasteiger partial charge < -0.3 is 15.2 Å². The molecule has 0 spiro atoms. The molecule has 2 aromatic carbocycles. The van der Waals surface area contributed by atoms with Crippen LogP contribution in [0.4, 0.5) is 0 Å². The molecule has 3 atom stereocenters. The number of alkyl halides is 2. The molecule has 130 valence electrons. The van der Waals surface area contributed by atoms with Gasteiger partial charge in [-0.25, -0.2) is 0 Å². The van der Waals surface area contributed by atoms with Crippen LogP contribution in [0.15, 0.2) is 42.5 Å². The predicted molar refractivity (Wildman–Crippen MR) is 91.7 cm³/mol. The molecule has 4 rings (SSSR count). The number of hydrogen-bond acceptors (Lipinski definition) is 3. The SMILES string of the molecule is COc1ccc([C@H]2Oc3ccc(C(N)=O)cc3C3CCC[C@H]3[I+]2)cc1. The fraction of sp³-hybridized carbons (Fsp3) is 0.350. The Balaban J connectivity index is 1.72. The van der Waals surface area contributed by atoms with E-state index in [4.69, 9.17) is 15.2 Å². The number of nitrogens with two attached hydrogens (primary N) is 1. The van der Waals surface area contributed by atoms with Gasteiger partial charge in [-0.2, -0.15) is 0 Å². The second-order valence-corrected chi connectivity index (χ2v) is 9.95. The molecule has 1 fully saturated rings. The molecular formula is C20H21INO3+. The van der Waals surface area contributed by atoms with Gasteiger partial charge in [-0.3, -0.25) is 4.79 Å². The molecule has 0 bridgehead atoms. The summed E-state index contributed by atoms with van der Waals surface area (Å²) in [6.45, 7) is 0. The number of fused-ring (bicyclic) bond motifs is 3. The molecule has 1 aliphatic heterocycles.